The van der Waals surface area contributed by atoms with Gasteiger partial charge in [-0.2, -0.15) is 0 Å². The first-order valence-corrected chi connectivity index (χ1v) is 10.8. The Kier molecular flexibility index (Phi) is 7.92. The number of rotatable bonds is 9. The largest absolute Gasteiger partial charge is 0.465 e. The van der Waals surface area contributed by atoms with E-state index < -0.39 is 33.9 Å². The van der Waals surface area contributed by atoms with Gasteiger partial charge < -0.3 is 9.47 Å². The molecule has 2 rings (SSSR count). The highest BCUT2D eigenvalue weighted by atomic mass is 32.2. The molecule has 1 atom stereocenters. The number of benzene rings is 2. The number of carbonyl (C=O) groups excluding carboxylic acids is 2. The molecule has 1 N–H and O–H groups in total. The Balaban J connectivity index is 2.51. The van der Waals surface area contributed by atoms with Crippen LogP contribution in [0.5, 0.6) is 0 Å². The molecular weight excluding hydrogens is 394 g/mol. The Morgan fingerprint density at radius 3 is 1.90 bits per heavy atom. The van der Waals surface area contributed by atoms with Crippen LogP contribution >= 0.6 is 0 Å². The normalized spacial score (nSPS) is 12.4. The van der Waals surface area contributed by atoms with Crippen molar-refractivity contribution in [3.8, 4) is 0 Å². The number of esters is 2. The Hall–Kier alpha value is -2.71. The molecule has 0 radical (unpaired) electrons. The highest BCUT2D eigenvalue weighted by Gasteiger charge is 2.40. The van der Waals surface area contributed by atoms with Crippen LogP contribution < -0.4 is 4.72 Å². The quantitative estimate of drug-likeness (QED) is 0.496. The van der Waals surface area contributed by atoms with Crippen molar-refractivity contribution in [2.75, 3.05) is 13.2 Å². The van der Waals surface area contributed by atoms with Crippen LogP contribution in [0.2, 0.25) is 0 Å². The zero-order valence-corrected chi connectivity index (χ0v) is 17.4. The molecule has 156 valence electrons. The van der Waals surface area contributed by atoms with Gasteiger partial charge >= 0.3 is 11.9 Å². The minimum Gasteiger partial charge on any atom is -0.465 e. The minimum absolute atomic E-state index is 0.0236. The van der Waals surface area contributed by atoms with Gasteiger partial charge in [0, 0.05) is 0 Å². The van der Waals surface area contributed by atoms with Gasteiger partial charge in [0.15, 0.2) is 5.92 Å². The number of hydrogen-bond donors (Lipinski definition) is 1. The topological polar surface area (TPSA) is 98.8 Å². The number of sulfonamides is 1. The van der Waals surface area contributed by atoms with Crippen LogP contribution in [-0.4, -0.2) is 33.6 Å². The Morgan fingerprint density at radius 2 is 1.41 bits per heavy atom. The molecule has 2 aromatic rings. The molecule has 7 nitrogen and oxygen atoms in total. The van der Waals surface area contributed by atoms with Crippen molar-refractivity contribution in [2.24, 2.45) is 5.92 Å². The van der Waals surface area contributed by atoms with E-state index in [0.717, 1.165) is 5.56 Å². The summed E-state index contributed by atoms with van der Waals surface area (Å²) >= 11 is 0. The zero-order valence-electron chi connectivity index (χ0n) is 16.6. The molecule has 0 amide bonds. The standard InChI is InChI=1S/C21H25NO6S/c1-4-27-20(23)18(21(24)28-5-2)19(16-9-7-6-8-10-16)22-29(25,26)17-13-11-15(3)12-14-17/h6-14,18-19,22H,4-5H2,1-3H3/t19-/m0/s1. The highest BCUT2D eigenvalue weighted by molar-refractivity contribution is 7.89. The monoisotopic (exact) mass is 419 g/mol. The van der Waals surface area contributed by atoms with Crippen molar-refractivity contribution >= 4 is 22.0 Å². The maximum absolute atomic E-state index is 13.0. The van der Waals surface area contributed by atoms with Crippen molar-refractivity contribution in [3.63, 3.8) is 0 Å². The summed E-state index contributed by atoms with van der Waals surface area (Å²) in [5.41, 5.74) is 1.34. The molecular formula is C21H25NO6S. The van der Waals surface area contributed by atoms with Gasteiger partial charge in [0.1, 0.15) is 0 Å². The van der Waals surface area contributed by atoms with E-state index in [4.69, 9.17) is 9.47 Å². The molecule has 0 saturated carbocycles. The van der Waals surface area contributed by atoms with Crippen LogP contribution in [0.25, 0.3) is 0 Å². The molecule has 0 aliphatic heterocycles. The van der Waals surface area contributed by atoms with Crippen LogP contribution in [0.3, 0.4) is 0 Å². The molecule has 0 fully saturated rings. The maximum atomic E-state index is 13.0. The third kappa shape index (κ3) is 5.88. The lowest BCUT2D eigenvalue weighted by molar-refractivity contribution is -0.163. The fourth-order valence-electron chi connectivity index (χ4n) is 2.77. The number of nitrogens with one attached hydrogen (secondary N) is 1. The van der Waals surface area contributed by atoms with E-state index >= 15 is 0 Å². The fourth-order valence-corrected chi connectivity index (χ4v) is 4.01. The predicted octanol–water partition coefficient (Wildman–Crippen LogP) is 2.76. The van der Waals surface area contributed by atoms with E-state index in [-0.39, 0.29) is 18.1 Å². The summed E-state index contributed by atoms with van der Waals surface area (Å²) in [5.74, 6) is -3.20. The average Bonchev–Trinajstić information content (AvgIpc) is 2.69. The van der Waals surface area contributed by atoms with Gasteiger partial charge in [-0.25, -0.2) is 13.1 Å². The van der Waals surface area contributed by atoms with Crippen LogP contribution in [0.4, 0.5) is 0 Å². The van der Waals surface area contributed by atoms with Crippen molar-refractivity contribution in [1.82, 2.24) is 4.72 Å². The Labute approximate surface area is 171 Å². The van der Waals surface area contributed by atoms with Gasteiger partial charge in [-0.3, -0.25) is 9.59 Å². The van der Waals surface area contributed by atoms with Gasteiger partial charge in [-0.05, 0) is 38.5 Å². The second-order valence-corrected chi connectivity index (χ2v) is 8.02. The average molecular weight is 419 g/mol. The summed E-state index contributed by atoms with van der Waals surface area (Å²) in [6.45, 7) is 5.14. The fraction of sp³-hybridized carbons (Fsp3) is 0.333. The first-order chi connectivity index (χ1) is 13.8. The van der Waals surface area contributed by atoms with Crippen LogP contribution in [0.1, 0.15) is 31.0 Å². The molecule has 0 aromatic heterocycles. The molecule has 2 aromatic carbocycles. The summed E-state index contributed by atoms with van der Waals surface area (Å²) in [6.07, 6.45) is 0. The molecule has 0 saturated heterocycles. The lowest BCUT2D eigenvalue weighted by Gasteiger charge is -2.25. The van der Waals surface area contributed by atoms with Crippen LogP contribution in [0, 0.1) is 12.8 Å². The number of carbonyl (C=O) groups is 2. The minimum atomic E-state index is -4.03. The van der Waals surface area contributed by atoms with Gasteiger partial charge in [0.05, 0.1) is 24.2 Å². The third-order valence-corrected chi connectivity index (χ3v) is 5.64. The van der Waals surface area contributed by atoms with E-state index in [9.17, 15) is 18.0 Å². The van der Waals surface area contributed by atoms with E-state index in [2.05, 4.69) is 4.72 Å². The second-order valence-electron chi connectivity index (χ2n) is 6.30. The first kappa shape index (κ1) is 22.6. The van der Waals surface area contributed by atoms with Crippen molar-refractivity contribution in [2.45, 2.75) is 31.7 Å². The lowest BCUT2D eigenvalue weighted by atomic mass is 9.94. The van der Waals surface area contributed by atoms with Crippen LogP contribution in [0.15, 0.2) is 59.5 Å². The Bertz CT molecular complexity index is 907. The smallest absolute Gasteiger partial charge is 0.322 e. The van der Waals surface area contributed by atoms with Gasteiger partial charge in [0.25, 0.3) is 0 Å². The van der Waals surface area contributed by atoms with E-state index in [1.807, 2.05) is 6.92 Å². The lowest BCUT2D eigenvalue weighted by Crippen LogP contribution is -2.42. The van der Waals surface area contributed by atoms with Crippen molar-refractivity contribution in [3.05, 3.63) is 65.7 Å². The zero-order chi connectivity index (χ0) is 21.4. The number of hydrogen-bond acceptors (Lipinski definition) is 6. The van der Waals surface area contributed by atoms with E-state index in [1.54, 1.807) is 56.3 Å². The maximum Gasteiger partial charge on any atom is 0.322 e. The highest BCUT2D eigenvalue weighted by Crippen LogP contribution is 2.27. The molecule has 0 aliphatic rings. The van der Waals surface area contributed by atoms with Crippen molar-refractivity contribution in [1.29, 1.82) is 0 Å². The third-order valence-electron chi connectivity index (χ3n) is 4.19. The predicted molar refractivity (Wildman–Crippen MR) is 107 cm³/mol. The summed E-state index contributed by atoms with van der Waals surface area (Å²) in [4.78, 5) is 25.2. The molecule has 0 bridgehead atoms. The van der Waals surface area contributed by atoms with Gasteiger partial charge in [-0.15, -0.1) is 0 Å². The van der Waals surface area contributed by atoms with Gasteiger partial charge in [0.2, 0.25) is 10.0 Å². The first-order valence-electron chi connectivity index (χ1n) is 9.27. The summed E-state index contributed by atoms with van der Waals surface area (Å²) in [7, 11) is -4.03. The number of aryl methyl sites for hydroxylation is 1. The summed E-state index contributed by atoms with van der Waals surface area (Å²) < 4.78 is 38.5. The Morgan fingerprint density at radius 1 is 0.897 bits per heavy atom. The molecule has 0 unspecified atom stereocenters. The summed E-state index contributed by atoms with van der Waals surface area (Å²) in [5, 5.41) is 0. The van der Waals surface area contributed by atoms with E-state index in [1.165, 1.54) is 12.1 Å². The van der Waals surface area contributed by atoms with Crippen molar-refractivity contribution < 1.29 is 27.5 Å². The molecule has 0 heterocycles. The molecule has 29 heavy (non-hydrogen) atoms. The molecule has 0 spiro atoms. The molecule has 8 heteroatoms. The molecule has 0 aliphatic carbocycles. The SMILES string of the molecule is CCOC(=O)C(C(=O)OCC)[C@@H](NS(=O)(=O)c1ccc(C)cc1)c1ccccc1. The van der Waals surface area contributed by atoms with Crippen LogP contribution in [-0.2, 0) is 29.1 Å². The summed E-state index contributed by atoms with van der Waals surface area (Å²) in [6, 6.07) is 13.5. The van der Waals surface area contributed by atoms with E-state index in [0.29, 0.717) is 5.56 Å². The second kappa shape index (κ2) is 10.2. The van der Waals surface area contributed by atoms with Gasteiger partial charge in [-0.1, -0.05) is 48.0 Å². The number of ether oxygens (including phenoxy) is 2.